The fraction of sp³-hybridized carbons (Fsp3) is 0. The number of benzene rings is 2. The molecule has 96 valence electrons. The lowest BCUT2D eigenvalue weighted by Crippen LogP contribution is -1.90. The highest BCUT2D eigenvalue weighted by Gasteiger charge is 2.14. The van der Waals surface area contributed by atoms with E-state index in [1.165, 1.54) is 6.07 Å². The minimum Gasteiger partial charge on any atom is -0.439 e. The molecule has 0 spiro atoms. The Morgan fingerprint density at radius 1 is 1.11 bits per heavy atom. The molecule has 2 aromatic carbocycles. The predicted molar refractivity (Wildman–Crippen MR) is 75.4 cm³/mol. The van der Waals surface area contributed by atoms with Crippen LogP contribution in [0.5, 0.6) is 0 Å². The monoisotopic (exact) mass is 276 g/mol. The molecule has 0 radical (unpaired) electrons. The van der Waals surface area contributed by atoms with Crippen LogP contribution in [0.4, 0.5) is 16.0 Å². The summed E-state index contributed by atoms with van der Waals surface area (Å²) in [6.07, 6.45) is 0. The molecule has 0 bridgehead atoms. The summed E-state index contributed by atoms with van der Waals surface area (Å²) in [4.78, 5) is 0. The van der Waals surface area contributed by atoms with Crippen molar-refractivity contribution < 1.29 is 8.81 Å². The fourth-order valence-corrected chi connectivity index (χ4v) is 2.28. The van der Waals surface area contributed by atoms with Crippen molar-refractivity contribution in [3.05, 3.63) is 47.2 Å². The molecule has 1 aromatic heterocycles. The Balaban J connectivity index is 2.33. The van der Waals surface area contributed by atoms with E-state index in [-0.39, 0.29) is 10.9 Å². The number of halogens is 2. The second-order valence-electron chi connectivity index (χ2n) is 4.19. The van der Waals surface area contributed by atoms with Crippen molar-refractivity contribution in [3.8, 4) is 11.1 Å². The third-order valence-corrected chi connectivity index (χ3v) is 3.30. The quantitative estimate of drug-likeness (QED) is 0.704. The van der Waals surface area contributed by atoms with E-state index in [4.69, 9.17) is 27.5 Å². The zero-order valence-electron chi connectivity index (χ0n) is 9.78. The van der Waals surface area contributed by atoms with Gasteiger partial charge < -0.3 is 15.9 Å². The van der Waals surface area contributed by atoms with Crippen LogP contribution in [0.2, 0.25) is 5.02 Å². The first-order valence-corrected chi connectivity index (χ1v) is 5.97. The summed E-state index contributed by atoms with van der Waals surface area (Å²) in [5.41, 5.74) is 14.1. The molecular weight excluding hydrogens is 267 g/mol. The maximum atomic E-state index is 13.2. The van der Waals surface area contributed by atoms with Gasteiger partial charge in [-0.25, -0.2) is 4.39 Å². The Hall–Kier alpha value is -2.20. The molecule has 0 aliphatic carbocycles. The third kappa shape index (κ3) is 1.81. The largest absolute Gasteiger partial charge is 0.439 e. The molecule has 3 aromatic rings. The molecule has 4 N–H and O–H groups in total. The topological polar surface area (TPSA) is 65.2 Å². The van der Waals surface area contributed by atoms with Crippen molar-refractivity contribution >= 4 is 34.1 Å². The summed E-state index contributed by atoms with van der Waals surface area (Å²) in [5, 5.41) is 0.771. The highest BCUT2D eigenvalue weighted by molar-refractivity contribution is 6.31. The second-order valence-corrected chi connectivity index (χ2v) is 4.59. The molecular formula is C14H10ClFN2O. The van der Waals surface area contributed by atoms with Crippen LogP contribution in [-0.2, 0) is 0 Å². The van der Waals surface area contributed by atoms with E-state index >= 15 is 0 Å². The highest BCUT2D eigenvalue weighted by Crippen LogP contribution is 2.38. The van der Waals surface area contributed by atoms with Crippen LogP contribution in [0.15, 0.2) is 40.8 Å². The molecule has 3 nitrogen and oxygen atoms in total. The first-order valence-electron chi connectivity index (χ1n) is 5.60. The van der Waals surface area contributed by atoms with Crippen molar-refractivity contribution in [2.24, 2.45) is 0 Å². The standard InChI is InChI=1S/C14H10ClFN2O/c15-9-6-7(4-5-10(9)16)8-2-1-3-11-12(8)13(17)14(18)19-11/h1-6H,17-18H2. The van der Waals surface area contributed by atoms with Gasteiger partial charge in [0.25, 0.3) is 0 Å². The first-order chi connectivity index (χ1) is 9.08. The van der Waals surface area contributed by atoms with Crippen LogP contribution in [0.1, 0.15) is 0 Å². The molecule has 0 aliphatic heterocycles. The van der Waals surface area contributed by atoms with E-state index in [1.807, 2.05) is 12.1 Å². The highest BCUT2D eigenvalue weighted by atomic mass is 35.5. The normalized spacial score (nSPS) is 11.1. The average Bonchev–Trinajstić information content (AvgIpc) is 2.69. The number of hydrogen-bond acceptors (Lipinski definition) is 3. The number of hydrogen-bond donors (Lipinski definition) is 2. The maximum absolute atomic E-state index is 13.2. The summed E-state index contributed by atoms with van der Waals surface area (Å²) in [7, 11) is 0. The molecule has 19 heavy (non-hydrogen) atoms. The van der Waals surface area contributed by atoms with E-state index in [1.54, 1.807) is 18.2 Å². The summed E-state index contributed by atoms with van der Waals surface area (Å²) in [6, 6.07) is 9.95. The van der Waals surface area contributed by atoms with Gasteiger partial charge in [-0.1, -0.05) is 29.8 Å². The summed E-state index contributed by atoms with van der Waals surface area (Å²) < 4.78 is 18.6. The Kier molecular flexibility index (Phi) is 2.61. The Morgan fingerprint density at radius 2 is 1.89 bits per heavy atom. The molecule has 3 rings (SSSR count). The molecule has 0 fully saturated rings. The molecule has 1 heterocycles. The molecule has 0 amide bonds. The van der Waals surface area contributed by atoms with E-state index in [0.717, 1.165) is 11.1 Å². The van der Waals surface area contributed by atoms with Crippen molar-refractivity contribution in [2.75, 3.05) is 11.5 Å². The number of furan rings is 1. The van der Waals surface area contributed by atoms with E-state index in [0.29, 0.717) is 16.7 Å². The fourth-order valence-electron chi connectivity index (χ4n) is 2.09. The van der Waals surface area contributed by atoms with Gasteiger partial charge >= 0.3 is 0 Å². The average molecular weight is 277 g/mol. The smallest absolute Gasteiger partial charge is 0.214 e. The summed E-state index contributed by atoms with van der Waals surface area (Å²) in [6.45, 7) is 0. The lowest BCUT2D eigenvalue weighted by Gasteiger charge is -2.05. The van der Waals surface area contributed by atoms with Gasteiger partial charge in [-0.15, -0.1) is 0 Å². The van der Waals surface area contributed by atoms with Gasteiger partial charge in [0, 0.05) is 0 Å². The van der Waals surface area contributed by atoms with Gasteiger partial charge in [0.2, 0.25) is 5.88 Å². The SMILES string of the molecule is Nc1oc2cccc(-c3ccc(F)c(Cl)c3)c2c1N. The zero-order chi connectivity index (χ0) is 13.6. The molecule has 0 unspecified atom stereocenters. The molecule has 5 heteroatoms. The number of nitrogens with two attached hydrogens (primary N) is 2. The van der Waals surface area contributed by atoms with Gasteiger partial charge in [0.05, 0.1) is 10.4 Å². The number of fused-ring (bicyclic) bond motifs is 1. The minimum atomic E-state index is -0.461. The third-order valence-electron chi connectivity index (χ3n) is 3.01. The zero-order valence-corrected chi connectivity index (χ0v) is 10.5. The lowest BCUT2D eigenvalue weighted by atomic mass is 10.0. The van der Waals surface area contributed by atoms with Crippen LogP contribution >= 0.6 is 11.6 Å². The Morgan fingerprint density at radius 3 is 2.63 bits per heavy atom. The van der Waals surface area contributed by atoms with Crippen molar-refractivity contribution in [1.29, 1.82) is 0 Å². The van der Waals surface area contributed by atoms with Crippen molar-refractivity contribution in [2.45, 2.75) is 0 Å². The van der Waals surface area contributed by atoms with Crippen LogP contribution in [0.25, 0.3) is 22.1 Å². The van der Waals surface area contributed by atoms with Gasteiger partial charge in [0.15, 0.2) is 0 Å². The molecule has 0 saturated heterocycles. The van der Waals surface area contributed by atoms with Gasteiger partial charge in [0.1, 0.15) is 17.1 Å². The van der Waals surface area contributed by atoms with E-state index in [9.17, 15) is 4.39 Å². The van der Waals surface area contributed by atoms with Crippen LogP contribution in [0.3, 0.4) is 0 Å². The predicted octanol–water partition coefficient (Wildman–Crippen LogP) is 4.06. The van der Waals surface area contributed by atoms with Crippen LogP contribution in [0, 0.1) is 5.82 Å². The second kappa shape index (κ2) is 4.17. The lowest BCUT2D eigenvalue weighted by molar-refractivity contribution is 0.628. The number of nitrogen functional groups attached to an aromatic ring is 2. The van der Waals surface area contributed by atoms with E-state index in [2.05, 4.69) is 0 Å². The van der Waals surface area contributed by atoms with Crippen molar-refractivity contribution in [1.82, 2.24) is 0 Å². The molecule has 0 aliphatic rings. The van der Waals surface area contributed by atoms with Crippen LogP contribution < -0.4 is 11.5 Å². The maximum Gasteiger partial charge on any atom is 0.214 e. The van der Waals surface area contributed by atoms with Crippen LogP contribution in [-0.4, -0.2) is 0 Å². The van der Waals surface area contributed by atoms with Crippen molar-refractivity contribution in [3.63, 3.8) is 0 Å². The number of anilines is 2. The molecule has 0 saturated carbocycles. The summed E-state index contributed by atoms with van der Waals surface area (Å²) in [5.74, 6) is -0.284. The first kappa shape index (κ1) is 11.9. The molecule has 0 atom stereocenters. The van der Waals surface area contributed by atoms with Gasteiger partial charge in [-0.3, -0.25) is 0 Å². The minimum absolute atomic E-state index is 0.0598. The van der Waals surface area contributed by atoms with Gasteiger partial charge in [-0.05, 0) is 29.3 Å². The Bertz CT molecular complexity index is 782. The number of rotatable bonds is 1. The van der Waals surface area contributed by atoms with E-state index < -0.39 is 5.82 Å². The van der Waals surface area contributed by atoms with Gasteiger partial charge in [-0.2, -0.15) is 0 Å². The Labute approximate surface area is 113 Å². The summed E-state index contributed by atoms with van der Waals surface area (Å²) >= 11 is 5.81.